The number of hydrogen-bond donors (Lipinski definition) is 3. The zero-order valence-corrected chi connectivity index (χ0v) is 20.5. The van der Waals surface area contributed by atoms with E-state index in [1.54, 1.807) is 53.9 Å². The third kappa shape index (κ3) is 5.74. The molecular formula is C23H22N4O4S3. The molecule has 4 aromatic rings. The number of hydrogen-bond acceptors (Lipinski definition) is 7. The van der Waals surface area contributed by atoms with Gasteiger partial charge >= 0.3 is 0 Å². The molecule has 11 heteroatoms. The summed E-state index contributed by atoms with van der Waals surface area (Å²) >= 11 is 1.20. The van der Waals surface area contributed by atoms with Crippen LogP contribution in [0.4, 0.5) is 16.5 Å². The molecule has 0 aliphatic carbocycles. The van der Waals surface area contributed by atoms with E-state index in [1.807, 2.05) is 19.1 Å². The SMILES string of the molecule is Cc1ccc(S(=O)(=O)Nc2ccccc2CNc2ccc(S(=O)(=O)Nc3nccs3)cc2)cc1. The van der Waals surface area contributed by atoms with Crippen LogP contribution in [0.15, 0.2) is 94.2 Å². The summed E-state index contributed by atoms with van der Waals surface area (Å²) in [6.07, 6.45) is 1.52. The fraction of sp³-hybridized carbons (Fsp3) is 0.0870. The summed E-state index contributed by atoms with van der Waals surface area (Å²) < 4.78 is 55.6. The van der Waals surface area contributed by atoms with E-state index in [9.17, 15) is 16.8 Å². The van der Waals surface area contributed by atoms with E-state index in [-0.39, 0.29) is 9.79 Å². The highest BCUT2D eigenvalue weighted by Gasteiger charge is 2.17. The van der Waals surface area contributed by atoms with Crippen LogP contribution in [-0.4, -0.2) is 21.8 Å². The van der Waals surface area contributed by atoms with Gasteiger partial charge in [-0.1, -0.05) is 35.9 Å². The van der Waals surface area contributed by atoms with Crippen molar-refractivity contribution in [2.45, 2.75) is 23.3 Å². The quantitative estimate of drug-likeness (QED) is 0.299. The summed E-state index contributed by atoms with van der Waals surface area (Å²) in [5.74, 6) is 0. The molecule has 3 aromatic carbocycles. The molecule has 3 N–H and O–H groups in total. The predicted molar refractivity (Wildman–Crippen MR) is 135 cm³/mol. The Morgan fingerprint density at radius 3 is 2.06 bits per heavy atom. The van der Waals surface area contributed by atoms with Crippen LogP contribution in [0.5, 0.6) is 0 Å². The van der Waals surface area contributed by atoms with Crippen LogP contribution >= 0.6 is 11.3 Å². The Morgan fingerprint density at radius 1 is 0.794 bits per heavy atom. The van der Waals surface area contributed by atoms with E-state index in [1.165, 1.54) is 29.7 Å². The van der Waals surface area contributed by atoms with E-state index in [4.69, 9.17) is 0 Å². The van der Waals surface area contributed by atoms with Gasteiger partial charge in [-0.15, -0.1) is 11.3 Å². The molecule has 0 spiro atoms. The van der Waals surface area contributed by atoms with Crippen molar-refractivity contribution in [3.05, 3.63) is 95.5 Å². The molecule has 0 bridgehead atoms. The van der Waals surface area contributed by atoms with Crippen LogP contribution in [-0.2, 0) is 26.6 Å². The van der Waals surface area contributed by atoms with Gasteiger partial charge in [0.2, 0.25) is 0 Å². The molecule has 34 heavy (non-hydrogen) atoms. The number of nitrogens with zero attached hydrogens (tertiary/aromatic N) is 1. The zero-order valence-electron chi connectivity index (χ0n) is 18.1. The van der Waals surface area contributed by atoms with Gasteiger partial charge in [-0.05, 0) is 55.0 Å². The number of nitrogens with one attached hydrogen (secondary N) is 3. The average Bonchev–Trinajstić information content (AvgIpc) is 3.31. The van der Waals surface area contributed by atoms with Gasteiger partial charge in [0.05, 0.1) is 15.5 Å². The summed E-state index contributed by atoms with van der Waals surface area (Å²) in [6.45, 7) is 2.22. The summed E-state index contributed by atoms with van der Waals surface area (Å²) in [5.41, 5.74) is 2.86. The Balaban J connectivity index is 1.45. The second kappa shape index (κ2) is 9.84. The van der Waals surface area contributed by atoms with Crippen molar-refractivity contribution in [2.24, 2.45) is 0 Å². The molecule has 0 saturated heterocycles. The minimum atomic E-state index is -3.73. The van der Waals surface area contributed by atoms with Gasteiger partial charge in [0, 0.05) is 23.8 Å². The lowest BCUT2D eigenvalue weighted by Crippen LogP contribution is -2.15. The maximum Gasteiger partial charge on any atom is 0.263 e. The van der Waals surface area contributed by atoms with Crippen molar-refractivity contribution in [1.29, 1.82) is 0 Å². The number of benzene rings is 3. The van der Waals surface area contributed by atoms with Gasteiger partial charge in [0.15, 0.2) is 5.13 Å². The summed E-state index contributed by atoms with van der Waals surface area (Å²) in [7, 11) is -7.46. The molecule has 8 nitrogen and oxygen atoms in total. The smallest absolute Gasteiger partial charge is 0.263 e. The maximum atomic E-state index is 12.8. The third-order valence-electron chi connectivity index (χ3n) is 4.89. The van der Waals surface area contributed by atoms with Gasteiger partial charge < -0.3 is 5.32 Å². The van der Waals surface area contributed by atoms with Gasteiger partial charge in [-0.25, -0.2) is 21.8 Å². The number of aromatic nitrogens is 1. The Labute approximate surface area is 202 Å². The van der Waals surface area contributed by atoms with Crippen molar-refractivity contribution in [1.82, 2.24) is 4.98 Å². The summed E-state index contributed by atoms with van der Waals surface area (Å²) in [6, 6.07) is 20.0. The van der Waals surface area contributed by atoms with Crippen LogP contribution < -0.4 is 14.8 Å². The first kappa shape index (κ1) is 23.7. The second-order valence-electron chi connectivity index (χ2n) is 7.40. The van der Waals surface area contributed by atoms with Crippen LogP contribution in [0.25, 0.3) is 0 Å². The predicted octanol–water partition coefficient (Wildman–Crippen LogP) is 4.67. The molecule has 0 unspecified atom stereocenters. The molecular weight excluding hydrogens is 492 g/mol. The number of sulfonamides is 2. The lowest BCUT2D eigenvalue weighted by Gasteiger charge is -2.14. The van der Waals surface area contributed by atoms with E-state index < -0.39 is 20.0 Å². The zero-order chi connectivity index (χ0) is 24.2. The first-order chi connectivity index (χ1) is 16.2. The highest BCUT2D eigenvalue weighted by molar-refractivity contribution is 7.93. The Bertz CT molecular complexity index is 1470. The fourth-order valence-corrected chi connectivity index (χ4v) is 5.98. The van der Waals surface area contributed by atoms with Gasteiger partial charge in [0.25, 0.3) is 20.0 Å². The van der Waals surface area contributed by atoms with Crippen LogP contribution in [0.2, 0.25) is 0 Å². The van der Waals surface area contributed by atoms with E-state index in [2.05, 4.69) is 19.7 Å². The molecule has 0 amide bonds. The van der Waals surface area contributed by atoms with Crippen LogP contribution in [0.1, 0.15) is 11.1 Å². The first-order valence-electron chi connectivity index (χ1n) is 10.2. The van der Waals surface area contributed by atoms with E-state index in [0.29, 0.717) is 23.1 Å². The minimum Gasteiger partial charge on any atom is -0.381 e. The minimum absolute atomic E-state index is 0.111. The van der Waals surface area contributed by atoms with Crippen molar-refractivity contribution >= 4 is 47.9 Å². The van der Waals surface area contributed by atoms with E-state index in [0.717, 1.165) is 11.1 Å². The number of aryl methyl sites for hydroxylation is 1. The Morgan fingerprint density at radius 2 is 1.41 bits per heavy atom. The van der Waals surface area contributed by atoms with Crippen molar-refractivity contribution in [3.63, 3.8) is 0 Å². The largest absolute Gasteiger partial charge is 0.381 e. The molecule has 0 aliphatic heterocycles. The standard InChI is InChI=1S/C23H22N4O4S3/c1-17-6-10-20(11-7-17)33(28,29)26-22-5-3-2-4-18(22)16-25-19-8-12-21(13-9-19)34(30,31)27-23-24-14-15-32-23/h2-15,25-26H,16H2,1H3,(H,24,27). The van der Waals surface area contributed by atoms with Gasteiger partial charge in [-0.3, -0.25) is 9.44 Å². The molecule has 0 saturated carbocycles. The first-order valence-corrected chi connectivity index (χ1v) is 14.0. The lowest BCUT2D eigenvalue weighted by molar-refractivity contribution is 0.599. The Hall–Kier alpha value is -3.41. The number of para-hydroxylation sites is 1. The lowest BCUT2D eigenvalue weighted by atomic mass is 10.2. The van der Waals surface area contributed by atoms with E-state index >= 15 is 0 Å². The molecule has 1 heterocycles. The molecule has 0 fully saturated rings. The normalized spacial score (nSPS) is 11.7. The highest BCUT2D eigenvalue weighted by atomic mass is 32.2. The summed E-state index contributed by atoms with van der Waals surface area (Å²) in [4.78, 5) is 4.23. The molecule has 4 rings (SSSR count). The number of rotatable bonds is 9. The summed E-state index contributed by atoms with van der Waals surface area (Å²) in [5, 5.41) is 5.18. The van der Waals surface area contributed by atoms with Crippen molar-refractivity contribution < 1.29 is 16.8 Å². The number of anilines is 3. The number of thiazole rings is 1. The average molecular weight is 515 g/mol. The highest BCUT2D eigenvalue weighted by Crippen LogP contribution is 2.23. The van der Waals surface area contributed by atoms with Crippen molar-refractivity contribution in [3.8, 4) is 0 Å². The second-order valence-corrected chi connectivity index (χ2v) is 11.7. The molecule has 176 valence electrons. The third-order valence-corrected chi connectivity index (χ3v) is 8.45. The van der Waals surface area contributed by atoms with Crippen LogP contribution in [0.3, 0.4) is 0 Å². The molecule has 0 aliphatic rings. The molecule has 1 aromatic heterocycles. The van der Waals surface area contributed by atoms with Gasteiger partial charge in [0.1, 0.15) is 0 Å². The topological polar surface area (TPSA) is 117 Å². The monoisotopic (exact) mass is 514 g/mol. The maximum absolute atomic E-state index is 12.8. The van der Waals surface area contributed by atoms with Crippen molar-refractivity contribution in [2.75, 3.05) is 14.8 Å². The molecule has 0 atom stereocenters. The Kier molecular flexibility index (Phi) is 6.87. The van der Waals surface area contributed by atoms with Gasteiger partial charge in [-0.2, -0.15) is 0 Å². The fourth-order valence-electron chi connectivity index (χ4n) is 3.09. The molecule has 0 radical (unpaired) electrons. The van der Waals surface area contributed by atoms with Crippen LogP contribution in [0, 0.1) is 6.92 Å².